The molecule has 2 aliphatic rings. The van der Waals surface area contributed by atoms with Crippen LogP contribution in [0.4, 0.5) is 5.82 Å². The third-order valence-corrected chi connectivity index (χ3v) is 6.06. The highest BCUT2D eigenvalue weighted by Crippen LogP contribution is 2.45. The van der Waals surface area contributed by atoms with E-state index in [2.05, 4.69) is 33.9 Å². The van der Waals surface area contributed by atoms with Crippen molar-refractivity contribution in [2.45, 2.75) is 45.2 Å². The topological polar surface area (TPSA) is 73.3 Å². The predicted octanol–water partition coefficient (Wildman–Crippen LogP) is 3.91. The standard InChI is InChI=1S/C23H25N5O2/c1-4-18-16-12-20(30-3)19(29-2)11-14(16)13-28(18)23-15-7-5-8-17(15)26-22(27-23)21-24-9-6-10-25-21/h6,9-12,18H,4-5,7-8,13H2,1-3H3. The van der Waals surface area contributed by atoms with Gasteiger partial charge in [0.15, 0.2) is 23.1 Å². The first-order valence-electron chi connectivity index (χ1n) is 10.4. The summed E-state index contributed by atoms with van der Waals surface area (Å²) in [6, 6.07) is 6.25. The van der Waals surface area contributed by atoms with E-state index >= 15 is 0 Å². The third kappa shape index (κ3) is 2.96. The van der Waals surface area contributed by atoms with Crippen molar-refractivity contribution < 1.29 is 9.47 Å². The Kier molecular flexibility index (Phi) is 4.73. The molecule has 0 saturated heterocycles. The van der Waals surface area contributed by atoms with Crippen molar-refractivity contribution in [3.63, 3.8) is 0 Å². The fourth-order valence-corrected chi connectivity index (χ4v) is 4.67. The van der Waals surface area contributed by atoms with Crippen LogP contribution in [0.1, 0.15) is 48.2 Å². The molecule has 7 nitrogen and oxygen atoms in total. The normalized spacial score (nSPS) is 17.0. The second kappa shape index (κ2) is 7.55. The van der Waals surface area contributed by atoms with Gasteiger partial charge >= 0.3 is 0 Å². The maximum atomic E-state index is 5.56. The molecule has 1 unspecified atom stereocenters. The maximum absolute atomic E-state index is 5.56. The Morgan fingerprint density at radius 2 is 1.77 bits per heavy atom. The maximum Gasteiger partial charge on any atom is 0.199 e. The summed E-state index contributed by atoms with van der Waals surface area (Å²) in [4.78, 5) is 21.0. The first-order valence-corrected chi connectivity index (χ1v) is 10.4. The van der Waals surface area contributed by atoms with Gasteiger partial charge in [0, 0.05) is 30.2 Å². The molecule has 0 spiro atoms. The van der Waals surface area contributed by atoms with Gasteiger partial charge in [0.1, 0.15) is 5.82 Å². The number of rotatable bonds is 5. The Bertz CT molecular complexity index is 1090. The van der Waals surface area contributed by atoms with Crippen molar-refractivity contribution in [2.24, 2.45) is 0 Å². The van der Waals surface area contributed by atoms with E-state index in [0.717, 1.165) is 55.2 Å². The van der Waals surface area contributed by atoms with Gasteiger partial charge in [-0.25, -0.2) is 19.9 Å². The summed E-state index contributed by atoms with van der Waals surface area (Å²) < 4.78 is 11.1. The van der Waals surface area contributed by atoms with Crippen LogP contribution in [-0.2, 0) is 19.4 Å². The molecular formula is C23H25N5O2. The Morgan fingerprint density at radius 1 is 1.00 bits per heavy atom. The highest BCUT2D eigenvalue weighted by Gasteiger charge is 2.35. The Hall–Kier alpha value is -3.22. The molecule has 5 rings (SSSR count). The van der Waals surface area contributed by atoms with Crippen molar-refractivity contribution in [3.8, 4) is 23.1 Å². The summed E-state index contributed by atoms with van der Waals surface area (Å²) >= 11 is 0. The van der Waals surface area contributed by atoms with Crippen LogP contribution in [0.25, 0.3) is 11.6 Å². The van der Waals surface area contributed by atoms with Crippen LogP contribution in [0.15, 0.2) is 30.6 Å². The summed E-state index contributed by atoms with van der Waals surface area (Å²) in [6.07, 6.45) is 7.53. The molecule has 0 saturated carbocycles. The molecule has 0 fully saturated rings. The van der Waals surface area contributed by atoms with Gasteiger partial charge in [0.05, 0.1) is 20.3 Å². The van der Waals surface area contributed by atoms with E-state index in [1.807, 2.05) is 6.07 Å². The summed E-state index contributed by atoms with van der Waals surface area (Å²) in [7, 11) is 3.36. The predicted molar refractivity (Wildman–Crippen MR) is 114 cm³/mol. The molecule has 0 bridgehead atoms. The van der Waals surface area contributed by atoms with Gasteiger partial charge in [-0.1, -0.05) is 6.92 Å². The lowest BCUT2D eigenvalue weighted by atomic mass is 10.0. The lowest BCUT2D eigenvalue weighted by Gasteiger charge is -2.27. The zero-order valence-electron chi connectivity index (χ0n) is 17.6. The largest absolute Gasteiger partial charge is 0.493 e. The molecule has 1 atom stereocenters. The molecule has 1 aliphatic heterocycles. The molecule has 154 valence electrons. The number of aromatic nitrogens is 4. The van der Waals surface area contributed by atoms with Crippen LogP contribution in [0.5, 0.6) is 11.5 Å². The molecule has 0 radical (unpaired) electrons. The molecular weight excluding hydrogens is 378 g/mol. The summed E-state index contributed by atoms with van der Waals surface area (Å²) in [5.74, 6) is 3.72. The molecule has 30 heavy (non-hydrogen) atoms. The van der Waals surface area contributed by atoms with E-state index in [-0.39, 0.29) is 6.04 Å². The molecule has 0 N–H and O–H groups in total. The quantitative estimate of drug-likeness (QED) is 0.639. The highest BCUT2D eigenvalue weighted by atomic mass is 16.5. The van der Waals surface area contributed by atoms with Crippen molar-refractivity contribution in [1.82, 2.24) is 19.9 Å². The van der Waals surface area contributed by atoms with Crippen LogP contribution < -0.4 is 14.4 Å². The number of methoxy groups -OCH3 is 2. The van der Waals surface area contributed by atoms with E-state index in [1.165, 1.54) is 16.7 Å². The summed E-state index contributed by atoms with van der Waals surface area (Å²) in [5.41, 5.74) is 4.92. The smallest absolute Gasteiger partial charge is 0.199 e. The average Bonchev–Trinajstić information content (AvgIpc) is 3.41. The Balaban J connectivity index is 1.62. The van der Waals surface area contributed by atoms with Crippen molar-refractivity contribution in [3.05, 3.63) is 53.0 Å². The van der Waals surface area contributed by atoms with Gasteiger partial charge < -0.3 is 14.4 Å². The van der Waals surface area contributed by atoms with Gasteiger partial charge in [-0.2, -0.15) is 0 Å². The molecule has 1 aromatic carbocycles. The van der Waals surface area contributed by atoms with Gasteiger partial charge in [-0.3, -0.25) is 0 Å². The number of benzene rings is 1. The van der Waals surface area contributed by atoms with Gasteiger partial charge in [0.2, 0.25) is 0 Å². The van der Waals surface area contributed by atoms with E-state index in [9.17, 15) is 0 Å². The summed E-state index contributed by atoms with van der Waals surface area (Å²) in [6.45, 7) is 3.00. The highest BCUT2D eigenvalue weighted by molar-refractivity contribution is 5.62. The van der Waals surface area contributed by atoms with Crippen LogP contribution >= 0.6 is 0 Å². The fourth-order valence-electron chi connectivity index (χ4n) is 4.67. The lowest BCUT2D eigenvalue weighted by molar-refractivity contribution is 0.354. The zero-order chi connectivity index (χ0) is 20.7. The monoisotopic (exact) mass is 403 g/mol. The minimum absolute atomic E-state index is 0.226. The Morgan fingerprint density at radius 3 is 2.50 bits per heavy atom. The zero-order valence-corrected chi connectivity index (χ0v) is 17.6. The van der Waals surface area contributed by atoms with Crippen molar-refractivity contribution in [2.75, 3.05) is 19.1 Å². The SMILES string of the molecule is CCC1c2cc(OC)c(OC)cc2CN1c1nc(-c2ncccn2)nc2c1CCC2. The fraction of sp³-hybridized carbons (Fsp3) is 0.391. The van der Waals surface area contributed by atoms with Gasteiger partial charge in [-0.05, 0) is 55.0 Å². The Labute approximate surface area is 176 Å². The minimum Gasteiger partial charge on any atom is -0.493 e. The lowest BCUT2D eigenvalue weighted by Crippen LogP contribution is -2.24. The minimum atomic E-state index is 0.226. The van der Waals surface area contributed by atoms with Crippen molar-refractivity contribution >= 4 is 5.82 Å². The van der Waals surface area contributed by atoms with Crippen LogP contribution in [0, 0.1) is 0 Å². The van der Waals surface area contributed by atoms with Crippen LogP contribution in [0.3, 0.4) is 0 Å². The number of fused-ring (bicyclic) bond motifs is 2. The van der Waals surface area contributed by atoms with E-state index < -0.39 is 0 Å². The second-order valence-corrected chi connectivity index (χ2v) is 7.68. The van der Waals surface area contributed by atoms with E-state index in [4.69, 9.17) is 19.4 Å². The molecule has 1 aliphatic carbocycles. The van der Waals surface area contributed by atoms with Crippen LogP contribution in [-0.4, -0.2) is 34.2 Å². The second-order valence-electron chi connectivity index (χ2n) is 7.68. The number of hydrogen-bond donors (Lipinski definition) is 0. The summed E-state index contributed by atoms with van der Waals surface area (Å²) in [5, 5.41) is 0. The number of aryl methyl sites for hydroxylation is 1. The van der Waals surface area contributed by atoms with E-state index in [1.54, 1.807) is 26.6 Å². The number of nitrogens with zero attached hydrogens (tertiary/aromatic N) is 5. The van der Waals surface area contributed by atoms with Crippen LogP contribution in [0.2, 0.25) is 0 Å². The number of ether oxygens (including phenoxy) is 2. The average molecular weight is 403 g/mol. The molecule has 3 heterocycles. The first-order chi connectivity index (χ1) is 14.7. The third-order valence-electron chi connectivity index (χ3n) is 6.06. The number of anilines is 1. The van der Waals surface area contributed by atoms with Gasteiger partial charge in [-0.15, -0.1) is 0 Å². The molecule has 2 aromatic heterocycles. The first kappa shape index (κ1) is 18.8. The number of hydrogen-bond acceptors (Lipinski definition) is 7. The molecule has 0 amide bonds. The van der Waals surface area contributed by atoms with E-state index in [0.29, 0.717) is 11.6 Å². The van der Waals surface area contributed by atoms with Gasteiger partial charge in [0.25, 0.3) is 0 Å². The molecule has 7 heteroatoms. The van der Waals surface area contributed by atoms with Crippen molar-refractivity contribution in [1.29, 1.82) is 0 Å². The molecule has 3 aromatic rings.